The topological polar surface area (TPSA) is 90.6 Å². The van der Waals surface area contributed by atoms with Crippen molar-refractivity contribution < 1.29 is 14.3 Å². The Kier molecular flexibility index (Phi) is 6.20. The maximum Gasteiger partial charge on any atom is 0.409 e. The van der Waals surface area contributed by atoms with Crippen LogP contribution in [-0.4, -0.2) is 33.7 Å². The fraction of sp³-hybridized carbons (Fsp3) is 0.154. The summed E-state index contributed by atoms with van der Waals surface area (Å²) in [7, 11) is 1.61. The first-order chi connectivity index (χ1) is 17.0. The molecule has 0 unspecified atom stereocenters. The second-order valence-electron chi connectivity index (χ2n) is 7.92. The molecule has 1 aliphatic heterocycles. The minimum atomic E-state index is -0.844. The molecule has 3 aromatic carbocycles. The maximum atomic E-state index is 12.8. The molecule has 0 radical (unpaired) electrons. The van der Waals surface area contributed by atoms with E-state index in [0.29, 0.717) is 28.1 Å². The Labute approximate surface area is 207 Å². The molecule has 1 atom stereocenters. The number of fused-ring (bicyclic) bond motifs is 3. The second kappa shape index (κ2) is 9.60. The zero-order valence-corrected chi connectivity index (χ0v) is 19.9. The maximum absolute atomic E-state index is 12.8. The van der Waals surface area contributed by atoms with Gasteiger partial charge in [0, 0.05) is 16.1 Å². The molecule has 0 saturated heterocycles. The number of carbonyl (C=O) groups is 1. The molecule has 0 saturated carbocycles. The van der Waals surface area contributed by atoms with Crippen LogP contribution in [0.2, 0.25) is 5.02 Å². The molecule has 0 spiro atoms. The lowest BCUT2D eigenvalue weighted by Gasteiger charge is -2.14. The van der Waals surface area contributed by atoms with Crippen molar-refractivity contribution in [1.29, 1.82) is 0 Å². The summed E-state index contributed by atoms with van der Waals surface area (Å²) in [5, 5.41) is 12.0. The van der Waals surface area contributed by atoms with Crippen molar-refractivity contribution in [2.45, 2.75) is 19.7 Å². The number of aromatic nitrogens is 3. The van der Waals surface area contributed by atoms with Crippen LogP contribution in [0, 0.1) is 6.92 Å². The van der Waals surface area contributed by atoms with E-state index >= 15 is 0 Å². The molecule has 1 aliphatic rings. The van der Waals surface area contributed by atoms with E-state index in [1.807, 2.05) is 72.2 Å². The largest absolute Gasteiger partial charge is 0.497 e. The average molecular weight is 488 g/mol. The standard InChI is InChI=1S/C26H22ClN5O3/c1-16-30-31-25-24(29-26(33)35-15-17-6-4-3-5-7-17)28-23(18-8-10-19(27)11-9-18)21-14-20(34-2)12-13-22(21)32(16)25/h3-14,24H,15H2,1-2H3,(H,29,33)/t24-/m0/s1. The summed E-state index contributed by atoms with van der Waals surface area (Å²) in [4.78, 5) is 17.7. The molecule has 35 heavy (non-hydrogen) atoms. The van der Waals surface area contributed by atoms with Gasteiger partial charge >= 0.3 is 6.09 Å². The van der Waals surface area contributed by atoms with Crippen molar-refractivity contribution in [3.05, 3.63) is 106 Å². The fourth-order valence-electron chi connectivity index (χ4n) is 3.95. The van der Waals surface area contributed by atoms with Gasteiger partial charge in [0.1, 0.15) is 18.2 Å². The van der Waals surface area contributed by atoms with E-state index in [9.17, 15) is 4.79 Å². The third-order valence-corrected chi connectivity index (χ3v) is 5.89. The van der Waals surface area contributed by atoms with E-state index in [0.717, 1.165) is 22.4 Å². The van der Waals surface area contributed by atoms with Crippen LogP contribution in [-0.2, 0) is 11.3 Å². The smallest absolute Gasteiger partial charge is 0.409 e. The van der Waals surface area contributed by atoms with E-state index < -0.39 is 12.3 Å². The number of aliphatic imine (C=N–C) groups is 1. The molecule has 9 heteroatoms. The summed E-state index contributed by atoms with van der Waals surface area (Å²) < 4.78 is 12.8. The predicted molar refractivity (Wildman–Crippen MR) is 132 cm³/mol. The number of nitrogens with one attached hydrogen (secondary N) is 1. The lowest BCUT2D eigenvalue weighted by molar-refractivity contribution is 0.135. The number of hydrogen-bond donors (Lipinski definition) is 1. The highest BCUT2D eigenvalue weighted by Crippen LogP contribution is 2.32. The highest BCUT2D eigenvalue weighted by Gasteiger charge is 2.30. The van der Waals surface area contributed by atoms with Gasteiger partial charge in [-0.15, -0.1) is 10.2 Å². The van der Waals surface area contributed by atoms with Crippen LogP contribution in [0.3, 0.4) is 0 Å². The molecule has 0 fully saturated rings. The summed E-state index contributed by atoms with van der Waals surface area (Å²) in [5.41, 5.74) is 3.97. The number of hydrogen-bond acceptors (Lipinski definition) is 6. The van der Waals surface area contributed by atoms with E-state index in [-0.39, 0.29) is 6.61 Å². The van der Waals surface area contributed by atoms with Gasteiger partial charge in [-0.25, -0.2) is 4.79 Å². The van der Waals surface area contributed by atoms with Crippen molar-refractivity contribution in [2.24, 2.45) is 4.99 Å². The van der Waals surface area contributed by atoms with Crippen LogP contribution in [0.1, 0.15) is 34.5 Å². The van der Waals surface area contributed by atoms with E-state index in [2.05, 4.69) is 15.5 Å². The Bertz CT molecular complexity index is 1400. The normalized spacial score (nSPS) is 14.3. The Balaban J connectivity index is 1.57. The molecule has 8 nitrogen and oxygen atoms in total. The molecule has 176 valence electrons. The van der Waals surface area contributed by atoms with Crippen molar-refractivity contribution >= 4 is 23.4 Å². The van der Waals surface area contributed by atoms with E-state index in [4.69, 9.17) is 26.1 Å². The van der Waals surface area contributed by atoms with Gasteiger partial charge in [0.05, 0.1) is 18.5 Å². The second-order valence-corrected chi connectivity index (χ2v) is 8.35. The zero-order chi connectivity index (χ0) is 24.4. The Morgan fingerprint density at radius 2 is 1.83 bits per heavy atom. The third kappa shape index (κ3) is 4.61. The molecule has 1 amide bonds. The third-order valence-electron chi connectivity index (χ3n) is 5.64. The van der Waals surface area contributed by atoms with E-state index in [1.54, 1.807) is 19.2 Å². The zero-order valence-electron chi connectivity index (χ0n) is 19.1. The van der Waals surface area contributed by atoms with Crippen molar-refractivity contribution in [3.8, 4) is 11.4 Å². The fourth-order valence-corrected chi connectivity index (χ4v) is 4.07. The summed E-state index contributed by atoms with van der Waals surface area (Å²) >= 11 is 6.13. The summed E-state index contributed by atoms with van der Waals surface area (Å²) in [6, 6.07) is 22.5. The summed E-state index contributed by atoms with van der Waals surface area (Å²) in [6.07, 6.45) is -1.46. The van der Waals surface area contributed by atoms with Crippen molar-refractivity contribution in [2.75, 3.05) is 7.11 Å². The van der Waals surface area contributed by atoms with Gasteiger partial charge in [0.15, 0.2) is 12.0 Å². The van der Waals surface area contributed by atoms with Crippen molar-refractivity contribution in [1.82, 2.24) is 20.1 Å². The van der Waals surface area contributed by atoms with E-state index in [1.165, 1.54) is 0 Å². The highest BCUT2D eigenvalue weighted by molar-refractivity contribution is 6.30. The predicted octanol–water partition coefficient (Wildman–Crippen LogP) is 5.01. The highest BCUT2D eigenvalue weighted by atomic mass is 35.5. The summed E-state index contributed by atoms with van der Waals surface area (Å²) in [5.74, 6) is 1.80. The van der Waals surface area contributed by atoms with Crippen LogP contribution in [0.5, 0.6) is 5.75 Å². The molecular formula is C26H22ClN5O3. The molecule has 4 aromatic rings. The van der Waals surface area contributed by atoms with Gasteiger partial charge in [-0.05, 0) is 42.8 Å². The number of nitrogens with zero attached hydrogens (tertiary/aromatic N) is 4. The van der Waals surface area contributed by atoms with Crippen LogP contribution in [0.4, 0.5) is 4.79 Å². The minimum Gasteiger partial charge on any atom is -0.497 e. The Hall–Kier alpha value is -4.17. The number of alkyl carbamates (subject to hydrolysis) is 1. The number of ether oxygens (including phenoxy) is 2. The first-order valence-corrected chi connectivity index (χ1v) is 11.3. The van der Waals surface area contributed by atoms with Crippen molar-refractivity contribution in [3.63, 3.8) is 0 Å². The van der Waals surface area contributed by atoms with Crippen LogP contribution < -0.4 is 10.1 Å². The number of halogens is 1. The monoisotopic (exact) mass is 487 g/mol. The minimum absolute atomic E-state index is 0.135. The molecule has 0 aliphatic carbocycles. The number of aryl methyl sites for hydroxylation is 1. The van der Waals surface area contributed by atoms with Gasteiger partial charge in [-0.2, -0.15) is 0 Å². The van der Waals surface area contributed by atoms with Gasteiger partial charge in [0.25, 0.3) is 0 Å². The molecule has 1 aromatic heterocycles. The molecule has 0 bridgehead atoms. The van der Waals surface area contributed by atoms with Crippen LogP contribution in [0.15, 0.2) is 77.8 Å². The number of carbonyl (C=O) groups excluding carboxylic acids is 1. The Morgan fingerprint density at radius 1 is 1.06 bits per heavy atom. The molecule has 5 rings (SSSR count). The SMILES string of the molecule is COc1ccc2c(c1)C(c1ccc(Cl)cc1)=N[C@@H](NC(=O)OCc1ccccc1)c1nnc(C)n1-2. The molecule has 1 N–H and O–H groups in total. The van der Waals surface area contributed by atoms with Crippen LogP contribution >= 0.6 is 11.6 Å². The summed E-state index contributed by atoms with van der Waals surface area (Å²) in [6.45, 7) is 1.98. The number of methoxy groups -OCH3 is 1. The van der Waals surface area contributed by atoms with Gasteiger partial charge in [-0.1, -0.05) is 54.1 Å². The average Bonchev–Trinajstić information content (AvgIpc) is 3.21. The van der Waals surface area contributed by atoms with Crippen LogP contribution in [0.25, 0.3) is 5.69 Å². The number of amides is 1. The Morgan fingerprint density at radius 3 is 2.57 bits per heavy atom. The first-order valence-electron chi connectivity index (χ1n) is 10.9. The van der Waals surface area contributed by atoms with Gasteiger partial charge in [-0.3, -0.25) is 14.9 Å². The van der Waals surface area contributed by atoms with Gasteiger partial charge in [0.2, 0.25) is 0 Å². The first kappa shape index (κ1) is 22.6. The molecule has 2 heterocycles. The number of rotatable bonds is 5. The van der Waals surface area contributed by atoms with Gasteiger partial charge < -0.3 is 9.47 Å². The number of benzene rings is 3. The lowest BCUT2D eigenvalue weighted by atomic mass is 10.00. The molecular weight excluding hydrogens is 466 g/mol. The lowest BCUT2D eigenvalue weighted by Crippen LogP contribution is -2.30. The quantitative estimate of drug-likeness (QED) is 0.427.